The standard InChI is InChI=1S/C27H32F3NO6/c1-2-35-24(25(32)33)17-19-11-13-21(14-12-19)36-16-15-31(18-20-7-3-4-8-20)26(34)37-23-10-6-5-9-22(23)27(28,29)30/h5-6,9-14,20,24H,2-4,7-8,15-18H2,1H3,(H,32,33). The molecule has 3 rings (SSSR count). The van der Waals surface area contributed by atoms with Crippen LogP contribution in [0.2, 0.25) is 0 Å². The average molecular weight is 524 g/mol. The molecular formula is C27H32F3NO6. The molecule has 0 radical (unpaired) electrons. The van der Waals surface area contributed by atoms with Gasteiger partial charge in [0.1, 0.15) is 18.1 Å². The van der Waals surface area contributed by atoms with Crippen molar-refractivity contribution in [3.05, 3.63) is 59.7 Å². The number of benzene rings is 2. The van der Waals surface area contributed by atoms with Gasteiger partial charge in [0.25, 0.3) is 0 Å². The van der Waals surface area contributed by atoms with Gasteiger partial charge in [0.2, 0.25) is 0 Å². The molecule has 0 bridgehead atoms. The van der Waals surface area contributed by atoms with Crippen LogP contribution in [-0.2, 0) is 22.1 Å². The van der Waals surface area contributed by atoms with Crippen LogP contribution in [0.4, 0.5) is 18.0 Å². The zero-order chi connectivity index (χ0) is 26.8. The van der Waals surface area contributed by atoms with Gasteiger partial charge in [-0.05, 0) is 55.5 Å². The first-order chi connectivity index (χ1) is 17.7. The van der Waals surface area contributed by atoms with Crippen molar-refractivity contribution in [2.75, 3.05) is 26.3 Å². The third-order valence-corrected chi connectivity index (χ3v) is 6.22. The summed E-state index contributed by atoms with van der Waals surface area (Å²) in [6, 6.07) is 11.5. The molecule has 1 fully saturated rings. The molecule has 202 valence electrons. The van der Waals surface area contributed by atoms with Crippen molar-refractivity contribution in [1.29, 1.82) is 0 Å². The fourth-order valence-electron chi connectivity index (χ4n) is 4.34. The topological polar surface area (TPSA) is 85.3 Å². The summed E-state index contributed by atoms with van der Waals surface area (Å²) in [7, 11) is 0. The average Bonchev–Trinajstić information content (AvgIpc) is 3.37. The Morgan fingerprint density at radius 1 is 1.08 bits per heavy atom. The second kappa shape index (κ2) is 13.3. The largest absolute Gasteiger partial charge is 0.492 e. The number of carboxylic acids is 1. The van der Waals surface area contributed by atoms with Gasteiger partial charge < -0.3 is 24.2 Å². The molecule has 7 nitrogen and oxygen atoms in total. The molecule has 10 heteroatoms. The minimum atomic E-state index is -4.64. The Labute approximate surface area is 214 Å². The van der Waals surface area contributed by atoms with Crippen molar-refractivity contribution in [1.82, 2.24) is 4.90 Å². The summed E-state index contributed by atoms with van der Waals surface area (Å²) >= 11 is 0. The van der Waals surface area contributed by atoms with Gasteiger partial charge in [-0.15, -0.1) is 0 Å². The van der Waals surface area contributed by atoms with E-state index in [4.69, 9.17) is 14.2 Å². The number of hydrogen-bond donors (Lipinski definition) is 1. The maximum absolute atomic E-state index is 13.3. The van der Waals surface area contributed by atoms with Crippen LogP contribution in [0.15, 0.2) is 48.5 Å². The minimum Gasteiger partial charge on any atom is -0.492 e. The van der Waals surface area contributed by atoms with E-state index in [1.165, 1.54) is 17.0 Å². The molecule has 0 aromatic heterocycles. The lowest BCUT2D eigenvalue weighted by molar-refractivity contribution is -0.150. The predicted molar refractivity (Wildman–Crippen MR) is 130 cm³/mol. The Morgan fingerprint density at radius 3 is 2.38 bits per heavy atom. The van der Waals surface area contributed by atoms with E-state index in [0.717, 1.165) is 43.4 Å². The van der Waals surface area contributed by atoms with Gasteiger partial charge in [0.15, 0.2) is 6.10 Å². The number of halogens is 3. The lowest BCUT2D eigenvalue weighted by Gasteiger charge is -2.25. The number of carboxylic acid groups (broad SMARTS) is 1. The highest BCUT2D eigenvalue weighted by molar-refractivity contribution is 5.73. The number of alkyl halides is 3. The Morgan fingerprint density at radius 2 is 1.76 bits per heavy atom. The number of amides is 1. The zero-order valence-corrected chi connectivity index (χ0v) is 20.7. The first-order valence-corrected chi connectivity index (χ1v) is 12.4. The number of carbonyl (C=O) groups excluding carboxylic acids is 1. The van der Waals surface area contributed by atoms with Crippen molar-refractivity contribution in [2.24, 2.45) is 5.92 Å². The van der Waals surface area contributed by atoms with Gasteiger partial charge >= 0.3 is 18.2 Å². The first-order valence-electron chi connectivity index (χ1n) is 12.4. The molecule has 0 spiro atoms. The molecule has 37 heavy (non-hydrogen) atoms. The normalized spacial score (nSPS) is 14.8. The maximum atomic E-state index is 13.3. The summed E-state index contributed by atoms with van der Waals surface area (Å²) in [6.07, 6.45) is -2.21. The molecule has 1 aliphatic rings. The van der Waals surface area contributed by atoms with Crippen molar-refractivity contribution in [3.63, 3.8) is 0 Å². The van der Waals surface area contributed by atoms with Crippen LogP contribution in [0, 0.1) is 5.92 Å². The molecule has 1 N–H and O–H groups in total. The van der Waals surface area contributed by atoms with Crippen LogP contribution in [0.1, 0.15) is 43.7 Å². The molecular weight excluding hydrogens is 491 g/mol. The van der Waals surface area contributed by atoms with E-state index in [1.807, 2.05) is 0 Å². The number of nitrogens with zero attached hydrogens (tertiary/aromatic N) is 1. The Kier molecular flexibility index (Phi) is 10.2. The number of hydrogen-bond acceptors (Lipinski definition) is 5. The zero-order valence-electron chi connectivity index (χ0n) is 20.7. The molecule has 0 heterocycles. The SMILES string of the molecule is CCOC(Cc1ccc(OCCN(CC2CCCC2)C(=O)Oc2ccccc2C(F)(F)F)cc1)C(=O)O. The highest BCUT2D eigenvalue weighted by atomic mass is 19.4. The Hall–Kier alpha value is -3.27. The Balaban J connectivity index is 1.61. The second-order valence-corrected chi connectivity index (χ2v) is 8.94. The second-order valence-electron chi connectivity index (χ2n) is 8.94. The molecule has 1 aliphatic carbocycles. The third-order valence-electron chi connectivity index (χ3n) is 6.22. The summed E-state index contributed by atoms with van der Waals surface area (Å²) < 4.78 is 56.2. The molecule has 1 amide bonds. The number of aliphatic carboxylic acids is 1. The summed E-state index contributed by atoms with van der Waals surface area (Å²) in [5, 5.41) is 9.24. The Bertz CT molecular complexity index is 1020. The smallest absolute Gasteiger partial charge is 0.419 e. The predicted octanol–water partition coefficient (Wildman–Crippen LogP) is 5.81. The molecule has 2 aromatic carbocycles. The maximum Gasteiger partial charge on any atom is 0.419 e. The van der Waals surface area contributed by atoms with E-state index in [0.29, 0.717) is 18.9 Å². The number of ether oxygens (including phenoxy) is 3. The van der Waals surface area contributed by atoms with E-state index in [-0.39, 0.29) is 25.5 Å². The highest BCUT2D eigenvalue weighted by Crippen LogP contribution is 2.36. The number of carbonyl (C=O) groups is 2. The van der Waals surface area contributed by atoms with E-state index in [9.17, 15) is 27.9 Å². The summed E-state index contributed by atoms with van der Waals surface area (Å²) in [6.45, 7) is 2.65. The molecule has 0 aliphatic heterocycles. The molecule has 1 atom stereocenters. The third kappa shape index (κ3) is 8.66. The quantitative estimate of drug-likeness (QED) is 0.378. The number of para-hydroxylation sites is 1. The van der Waals surface area contributed by atoms with E-state index < -0.39 is 35.7 Å². The van der Waals surface area contributed by atoms with Gasteiger partial charge in [-0.3, -0.25) is 0 Å². The molecule has 1 saturated carbocycles. The fourth-order valence-corrected chi connectivity index (χ4v) is 4.34. The summed E-state index contributed by atoms with van der Waals surface area (Å²) in [4.78, 5) is 25.6. The van der Waals surface area contributed by atoms with Gasteiger partial charge in [-0.25, -0.2) is 9.59 Å². The first kappa shape index (κ1) is 28.3. The van der Waals surface area contributed by atoms with Crippen molar-refractivity contribution >= 4 is 12.1 Å². The van der Waals surface area contributed by atoms with Crippen LogP contribution < -0.4 is 9.47 Å². The van der Waals surface area contributed by atoms with Crippen LogP contribution in [-0.4, -0.2) is 54.5 Å². The monoisotopic (exact) mass is 523 g/mol. The van der Waals surface area contributed by atoms with Gasteiger partial charge in [0.05, 0.1) is 12.1 Å². The summed E-state index contributed by atoms with van der Waals surface area (Å²) in [5.74, 6) is -0.783. The minimum absolute atomic E-state index is 0.110. The molecule has 1 unspecified atom stereocenters. The van der Waals surface area contributed by atoms with Crippen molar-refractivity contribution < 1.29 is 42.1 Å². The van der Waals surface area contributed by atoms with Gasteiger partial charge in [0, 0.05) is 19.6 Å². The van der Waals surface area contributed by atoms with Crippen LogP contribution in [0.3, 0.4) is 0 Å². The van der Waals surface area contributed by atoms with Gasteiger partial charge in [-0.1, -0.05) is 37.1 Å². The van der Waals surface area contributed by atoms with E-state index >= 15 is 0 Å². The molecule has 2 aromatic rings. The lowest BCUT2D eigenvalue weighted by atomic mass is 10.1. The lowest BCUT2D eigenvalue weighted by Crippen LogP contribution is -2.40. The van der Waals surface area contributed by atoms with Crippen molar-refractivity contribution in [3.8, 4) is 11.5 Å². The summed E-state index contributed by atoms with van der Waals surface area (Å²) in [5.41, 5.74) is -0.238. The van der Waals surface area contributed by atoms with Gasteiger partial charge in [-0.2, -0.15) is 13.2 Å². The van der Waals surface area contributed by atoms with E-state index in [1.54, 1.807) is 31.2 Å². The van der Waals surface area contributed by atoms with Crippen molar-refractivity contribution in [2.45, 2.75) is 51.3 Å². The van der Waals surface area contributed by atoms with Crippen LogP contribution in [0.25, 0.3) is 0 Å². The van der Waals surface area contributed by atoms with Crippen LogP contribution >= 0.6 is 0 Å². The van der Waals surface area contributed by atoms with Crippen LogP contribution in [0.5, 0.6) is 11.5 Å². The highest BCUT2D eigenvalue weighted by Gasteiger charge is 2.35. The fraction of sp³-hybridized carbons (Fsp3) is 0.481. The van der Waals surface area contributed by atoms with E-state index in [2.05, 4.69) is 0 Å². The molecule has 0 saturated heterocycles. The number of rotatable bonds is 12.